The summed E-state index contributed by atoms with van der Waals surface area (Å²) >= 11 is 0. The van der Waals surface area contributed by atoms with Crippen molar-refractivity contribution >= 4 is 5.91 Å². The summed E-state index contributed by atoms with van der Waals surface area (Å²) in [6.07, 6.45) is 0.234. The zero-order chi connectivity index (χ0) is 12.3. The van der Waals surface area contributed by atoms with E-state index in [2.05, 4.69) is 20.8 Å². The predicted molar refractivity (Wildman–Crippen MR) is 65.5 cm³/mol. The van der Waals surface area contributed by atoms with Crippen LogP contribution in [0.1, 0.15) is 33.3 Å². The minimum atomic E-state index is -0.302. The molecular weight excluding hydrogens is 202 g/mol. The maximum atomic E-state index is 11.3. The summed E-state index contributed by atoms with van der Waals surface area (Å²) in [6.45, 7) is 6.44. The average molecular weight is 223 g/mol. The molecule has 0 spiro atoms. The average Bonchev–Trinajstić information content (AvgIpc) is 2.17. The number of rotatable bonds is 2. The van der Waals surface area contributed by atoms with E-state index >= 15 is 0 Å². The van der Waals surface area contributed by atoms with Gasteiger partial charge in [-0.25, -0.2) is 5.06 Å². The number of hydrogen-bond donors (Lipinski definition) is 1. The van der Waals surface area contributed by atoms with Crippen molar-refractivity contribution in [3.8, 4) is 0 Å². The van der Waals surface area contributed by atoms with Gasteiger partial charge >= 0.3 is 0 Å². The highest BCUT2D eigenvalue weighted by Gasteiger charge is 2.13. The Kier molecular flexibility index (Phi) is 3.70. The van der Waals surface area contributed by atoms with Crippen LogP contribution in [0.2, 0.25) is 0 Å². The van der Waals surface area contributed by atoms with Crippen molar-refractivity contribution < 1.29 is 11.4 Å². The molecule has 0 aliphatic heterocycles. The molecule has 0 atom stereocenters. The third-order valence-corrected chi connectivity index (χ3v) is 2.54. The molecule has 0 saturated heterocycles. The normalized spacial score (nSPS) is 11.3. The Morgan fingerprint density at radius 3 is 2.19 bits per heavy atom. The summed E-state index contributed by atoms with van der Waals surface area (Å²) in [7, 11) is 1.34. The van der Waals surface area contributed by atoms with Crippen molar-refractivity contribution in [2.75, 3.05) is 7.05 Å². The van der Waals surface area contributed by atoms with Gasteiger partial charge in [-0.3, -0.25) is 10.0 Å². The molecule has 1 rings (SSSR count). The van der Waals surface area contributed by atoms with Gasteiger partial charge in [0.2, 0.25) is 5.91 Å². The van der Waals surface area contributed by atoms with E-state index in [0.717, 1.165) is 5.56 Å². The first kappa shape index (κ1) is 12.7. The molecule has 0 aliphatic rings. The molecular formula is C13H21NO2. The van der Waals surface area contributed by atoms with E-state index in [4.69, 9.17) is 5.21 Å². The van der Waals surface area contributed by atoms with E-state index < -0.39 is 0 Å². The first-order valence-corrected chi connectivity index (χ1v) is 5.35. The molecule has 0 bridgehead atoms. The van der Waals surface area contributed by atoms with Crippen LogP contribution in [0.5, 0.6) is 0 Å². The first-order chi connectivity index (χ1) is 7.30. The Labute approximate surface area is 98.1 Å². The van der Waals surface area contributed by atoms with Crippen molar-refractivity contribution in [1.29, 1.82) is 0 Å². The maximum Gasteiger partial charge on any atom is 0.250 e. The number of hydrogen-bond acceptors (Lipinski definition) is 2. The Hall–Kier alpha value is -1.35. The topological polar surface area (TPSA) is 40.5 Å². The van der Waals surface area contributed by atoms with Crippen LogP contribution >= 0.6 is 0 Å². The lowest BCUT2D eigenvalue weighted by Gasteiger charge is -2.19. The Bertz CT molecular complexity index is 366. The second-order valence-electron chi connectivity index (χ2n) is 5.04. The van der Waals surface area contributed by atoms with Crippen molar-refractivity contribution in [3.63, 3.8) is 0 Å². The molecule has 1 amide bonds. The smallest absolute Gasteiger partial charge is 0.250 e. The van der Waals surface area contributed by atoms with Crippen LogP contribution in [0.4, 0.5) is 0 Å². The molecule has 16 heavy (non-hydrogen) atoms. The third-order valence-electron chi connectivity index (χ3n) is 2.54. The quantitative estimate of drug-likeness (QED) is 0.618. The molecule has 3 heteroatoms. The highest BCUT2D eigenvalue weighted by molar-refractivity contribution is 5.77. The fourth-order valence-corrected chi connectivity index (χ4v) is 1.41. The number of hydroxylamine groups is 2. The Morgan fingerprint density at radius 1 is 1.31 bits per heavy atom. The largest absolute Gasteiger partial charge is 0.286 e. The number of likely N-dealkylation sites (N-methyl/N-ethyl adjacent to an activating group) is 1. The third kappa shape index (κ3) is 3.35. The number of nitrogens with zero attached hydrogens (tertiary/aromatic N) is 1. The van der Waals surface area contributed by atoms with Gasteiger partial charge in [-0.15, -0.1) is 0 Å². The number of carbonyl (C=O) groups excluding carboxylic acids is 1. The molecule has 1 aromatic carbocycles. The SMILES string of the molecule is CN(O)C(=O)Cc1ccc(C(C)(C)C)cc1.[HH]. The summed E-state index contributed by atoms with van der Waals surface area (Å²) in [5.74, 6) is -0.302. The van der Waals surface area contributed by atoms with E-state index in [0.29, 0.717) is 5.06 Å². The molecule has 0 heterocycles. The zero-order valence-corrected chi connectivity index (χ0v) is 10.3. The number of carbonyl (C=O) groups is 1. The van der Waals surface area contributed by atoms with Crippen molar-refractivity contribution in [2.45, 2.75) is 32.6 Å². The molecule has 0 radical (unpaired) electrons. The van der Waals surface area contributed by atoms with Crippen LogP contribution in [0.3, 0.4) is 0 Å². The van der Waals surface area contributed by atoms with Crippen LogP contribution in [-0.2, 0) is 16.6 Å². The zero-order valence-electron chi connectivity index (χ0n) is 10.3. The van der Waals surface area contributed by atoms with Gasteiger partial charge in [0.25, 0.3) is 0 Å². The summed E-state index contributed by atoms with van der Waals surface area (Å²) in [4.78, 5) is 11.3. The van der Waals surface area contributed by atoms with Crippen molar-refractivity contribution in [3.05, 3.63) is 35.4 Å². The van der Waals surface area contributed by atoms with Gasteiger partial charge in [-0.05, 0) is 16.5 Å². The monoisotopic (exact) mass is 223 g/mol. The summed E-state index contributed by atoms with van der Waals surface area (Å²) < 4.78 is 0. The highest BCUT2D eigenvalue weighted by atomic mass is 16.5. The van der Waals surface area contributed by atoms with E-state index in [1.807, 2.05) is 24.3 Å². The van der Waals surface area contributed by atoms with Gasteiger partial charge in [-0.1, -0.05) is 45.0 Å². The van der Waals surface area contributed by atoms with Crippen LogP contribution in [-0.4, -0.2) is 23.2 Å². The minimum absolute atomic E-state index is 0. The van der Waals surface area contributed by atoms with Gasteiger partial charge < -0.3 is 0 Å². The van der Waals surface area contributed by atoms with Crippen LogP contribution in [0, 0.1) is 0 Å². The van der Waals surface area contributed by atoms with E-state index in [9.17, 15) is 4.79 Å². The molecule has 0 aliphatic carbocycles. The van der Waals surface area contributed by atoms with Crippen molar-refractivity contribution in [1.82, 2.24) is 5.06 Å². The molecule has 1 N–H and O–H groups in total. The van der Waals surface area contributed by atoms with Gasteiger partial charge in [0.1, 0.15) is 0 Å². The number of amides is 1. The summed E-state index contributed by atoms with van der Waals surface area (Å²) in [5, 5.41) is 9.57. The van der Waals surface area contributed by atoms with Crippen LogP contribution in [0.15, 0.2) is 24.3 Å². The summed E-state index contributed by atoms with van der Waals surface area (Å²) in [5.41, 5.74) is 2.27. The van der Waals surface area contributed by atoms with Gasteiger partial charge in [-0.2, -0.15) is 0 Å². The van der Waals surface area contributed by atoms with Crippen molar-refractivity contribution in [2.24, 2.45) is 0 Å². The lowest BCUT2D eigenvalue weighted by molar-refractivity contribution is -0.158. The summed E-state index contributed by atoms with van der Waals surface area (Å²) in [6, 6.07) is 7.92. The fourth-order valence-electron chi connectivity index (χ4n) is 1.41. The minimum Gasteiger partial charge on any atom is -0.286 e. The van der Waals surface area contributed by atoms with E-state index in [-0.39, 0.29) is 19.2 Å². The van der Waals surface area contributed by atoms with Crippen LogP contribution < -0.4 is 0 Å². The Balaban J connectivity index is 0.00000256. The van der Waals surface area contributed by atoms with Gasteiger partial charge in [0.05, 0.1) is 6.42 Å². The maximum absolute atomic E-state index is 11.3. The van der Waals surface area contributed by atoms with Gasteiger partial charge in [0, 0.05) is 8.47 Å². The molecule has 0 fully saturated rings. The molecule has 3 nitrogen and oxygen atoms in total. The Morgan fingerprint density at radius 2 is 1.81 bits per heavy atom. The second-order valence-corrected chi connectivity index (χ2v) is 5.04. The van der Waals surface area contributed by atoms with E-state index in [1.165, 1.54) is 12.6 Å². The standard InChI is InChI=1S/C13H19NO2.H2/c1-13(2,3)11-7-5-10(6-8-11)9-12(15)14(4)16;/h5-8,16H,9H2,1-4H3;1H. The molecule has 0 aromatic heterocycles. The molecule has 1 aromatic rings. The van der Waals surface area contributed by atoms with E-state index in [1.54, 1.807) is 0 Å². The number of benzene rings is 1. The molecule has 90 valence electrons. The lowest BCUT2D eigenvalue weighted by Crippen LogP contribution is -2.24. The van der Waals surface area contributed by atoms with Crippen LogP contribution in [0.25, 0.3) is 0 Å². The van der Waals surface area contributed by atoms with Gasteiger partial charge in [0.15, 0.2) is 0 Å². The highest BCUT2D eigenvalue weighted by Crippen LogP contribution is 2.22. The fraction of sp³-hybridized carbons (Fsp3) is 0.462. The second kappa shape index (κ2) is 4.66. The first-order valence-electron chi connectivity index (χ1n) is 5.35. The predicted octanol–water partition coefficient (Wildman–Crippen LogP) is 2.62. The molecule has 0 saturated carbocycles. The molecule has 0 unspecified atom stereocenters. The lowest BCUT2D eigenvalue weighted by atomic mass is 9.86.